The lowest BCUT2D eigenvalue weighted by Gasteiger charge is -2.23. The minimum Gasteiger partial charge on any atom is -0.316 e. The largest absolute Gasteiger partial charge is 0.459 e. The van der Waals surface area contributed by atoms with Crippen LogP contribution in [0.25, 0.3) is 0 Å². The van der Waals surface area contributed by atoms with Gasteiger partial charge in [0.05, 0.1) is 13.2 Å². The van der Waals surface area contributed by atoms with Gasteiger partial charge in [-0.05, 0) is 12.8 Å². The van der Waals surface area contributed by atoms with E-state index >= 15 is 0 Å². The fourth-order valence-corrected chi connectivity index (χ4v) is 1.27. The van der Waals surface area contributed by atoms with Crippen molar-refractivity contribution < 1.29 is 57.6 Å². The molecule has 5 nitrogen and oxygen atoms in total. The van der Waals surface area contributed by atoms with Crippen molar-refractivity contribution in [2.45, 2.75) is 36.7 Å². The average Bonchev–Trinajstić information content (AvgIpc) is 2.31. The van der Waals surface area contributed by atoms with Crippen LogP contribution < -0.4 is 0 Å². The minimum absolute atomic E-state index is 0.546. The van der Waals surface area contributed by atoms with Gasteiger partial charge in [-0.1, -0.05) is 0 Å². The summed E-state index contributed by atoms with van der Waals surface area (Å²) in [6.07, 6.45) is -15.6. The lowest BCUT2D eigenvalue weighted by Crippen LogP contribution is -2.48. The molecule has 0 spiro atoms. The lowest BCUT2D eigenvalue weighted by molar-refractivity contribution is -0.319. The monoisotopic (exact) mass is 370 g/mol. The Balaban J connectivity index is 4.22. The third kappa shape index (κ3) is 5.48. The molecule has 0 unspecified atom stereocenters. The van der Waals surface area contributed by atoms with Crippen LogP contribution in [0.5, 0.6) is 0 Å². The Morgan fingerprint density at radius 2 is 1.32 bits per heavy atom. The van der Waals surface area contributed by atoms with Crippen LogP contribution in [0.1, 0.15) is 12.8 Å². The second-order valence-corrected chi connectivity index (χ2v) is 5.24. The SMILES string of the molecule is O=S(=O)(O)C(F)(F)C(F)(F)OCCCCOC(F)(F)C(F)F. The smallest absolute Gasteiger partial charge is 0.316 e. The van der Waals surface area contributed by atoms with E-state index in [-0.39, 0.29) is 0 Å². The van der Waals surface area contributed by atoms with Crippen molar-refractivity contribution in [3.05, 3.63) is 0 Å². The minimum atomic E-state index is -6.45. The second kappa shape index (κ2) is 7.23. The number of unbranched alkanes of at least 4 members (excludes halogenated alkanes) is 1. The molecule has 0 aromatic rings. The van der Waals surface area contributed by atoms with Crippen molar-refractivity contribution in [3.8, 4) is 0 Å². The number of alkyl halides is 8. The predicted octanol–water partition coefficient (Wildman–Crippen LogP) is 2.73. The van der Waals surface area contributed by atoms with Gasteiger partial charge in [0.15, 0.2) is 0 Å². The number of ether oxygens (including phenoxy) is 2. The molecule has 0 heterocycles. The van der Waals surface area contributed by atoms with Crippen LogP contribution in [0, 0.1) is 0 Å². The van der Waals surface area contributed by atoms with E-state index in [2.05, 4.69) is 9.47 Å². The summed E-state index contributed by atoms with van der Waals surface area (Å²) in [4.78, 5) is 0. The quantitative estimate of drug-likeness (QED) is 0.364. The summed E-state index contributed by atoms with van der Waals surface area (Å²) in [5.74, 6) is 0. The topological polar surface area (TPSA) is 72.8 Å². The van der Waals surface area contributed by atoms with Gasteiger partial charge >= 0.3 is 34.0 Å². The van der Waals surface area contributed by atoms with Gasteiger partial charge in [-0.25, -0.2) is 8.78 Å². The van der Waals surface area contributed by atoms with E-state index in [1.807, 2.05) is 0 Å². The first-order valence-electron chi connectivity index (χ1n) is 5.31. The van der Waals surface area contributed by atoms with Crippen LogP contribution in [0.3, 0.4) is 0 Å². The molecule has 0 aromatic carbocycles. The molecule has 0 aliphatic heterocycles. The van der Waals surface area contributed by atoms with Crippen molar-refractivity contribution in [1.82, 2.24) is 0 Å². The molecule has 14 heteroatoms. The molecule has 0 rings (SSSR count). The highest BCUT2D eigenvalue weighted by molar-refractivity contribution is 7.86. The van der Waals surface area contributed by atoms with E-state index in [9.17, 15) is 43.5 Å². The van der Waals surface area contributed by atoms with E-state index in [0.717, 1.165) is 0 Å². The van der Waals surface area contributed by atoms with Crippen molar-refractivity contribution in [2.75, 3.05) is 13.2 Å². The van der Waals surface area contributed by atoms with Gasteiger partial charge in [0.1, 0.15) is 0 Å². The van der Waals surface area contributed by atoms with E-state index < -0.39 is 60.1 Å². The first kappa shape index (κ1) is 21.3. The van der Waals surface area contributed by atoms with Gasteiger partial charge in [0.2, 0.25) is 0 Å². The highest BCUT2D eigenvalue weighted by atomic mass is 32.2. The van der Waals surface area contributed by atoms with Crippen LogP contribution >= 0.6 is 0 Å². The Morgan fingerprint density at radius 1 is 0.909 bits per heavy atom. The Kier molecular flexibility index (Phi) is 6.99. The third-order valence-electron chi connectivity index (χ3n) is 2.03. The number of hydrogen-bond acceptors (Lipinski definition) is 4. The van der Waals surface area contributed by atoms with Gasteiger partial charge < -0.3 is 9.47 Å². The van der Waals surface area contributed by atoms with Crippen molar-refractivity contribution >= 4 is 10.1 Å². The van der Waals surface area contributed by atoms with E-state index in [1.54, 1.807) is 0 Å². The summed E-state index contributed by atoms with van der Waals surface area (Å²) in [7, 11) is -6.45. The molecule has 0 amide bonds. The van der Waals surface area contributed by atoms with Crippen LogP contribution in [0.2, 0.25) is 0 Å². The number of hydrogen-bond donors (Lipinski definition) is 1. The molecule has 0 atom stereocenters. The van der Waals surface area contributed by atoms with E-state index in [0.29, 0.717) is 0 Å². The van der Waals surface area contributed by atoms with Crippen molar-refractivity contribution in [3.63, 3.8) is 0 Å². The van der Waals surface area contributed by atoms with Crippen molar-refractivity contribution in [2.24, 2.45) is 0 Å². The maximum atomic E-state index is 12.7. The fourth-order valence-electron chi connectivity index (χ4n) is 0.910. The zero-order chi connectivity index (χ0) is 17.8. The fraction of sp³-hybridized carbons (Fsp3) is 1.00. The Bertz CT molecular complexity index is 451. The molecular weight excluding hydrogens is 360 g/mol. The summed E-state index contributed by atoms with van der Waals surface area (Å²) in [5, 5.41) is -5.92. The maximum Gasteiger partial charge on any atom is 0.459 e. The molecular formula is C8H10F8O5S. The van der Waals surface area contributed by atoms with Gasteiger partial charge in [0.25, 0.3) is 0 Å². The molecule has 0 aromatic heterocycles. The van der Waals surface area contributed by atoms with E-state index in [4.69, 9.17) is 4.55 Å². The van der Waals surface area contributed by atoms with Gasteiger partial charge in [-0.15, -0.1) is 0 Å². The third-order valence-corrected chi connectivity index (χ3v) is 2.92. The van der Waals surface area contributed by atoms with Gasteiger partial charge in [-0.3, -0.25) is 4.55 Å². The average molecular weight is 370 g/mol. The van der Waals surface area contributed by atoms with Crippen LogP contribution in [-0.4, -0.2) is 50.1 Å². The van der Waals surface area contributed by atoms with E-state index in [1.165, 1.54) is 0 Å². The molecule has 0 bridgehead atoms. The molecule has 0 aliphatic carbocycles. The molecule has 1 N–H and O–H groups in total. The van der Waals surface area contributed by atoms with Crippen molar-refractivity contribution in [1.29, 1.82) is 0 Å². The summed E-state index contributed by atoms with van der Waals surface area (Å²) in [5.41, 5.74) is 0. The Hall–Kier alpha value is -0.730. The number of rotatable bonds is 10. The maximum absolute atomic E-state index is 12.7. The molecule has 0 saturated carbocycles. The molecule has 0 radical (unpaired) electrons. The standard InChI is InChI=1S/C8H10F8O5S/c9-5(10)6(11,12)20-3-1-2-4-21-7(13,14)8(15,16)22(17,18)19/h5H,1-4H2,(H,17,18,19). The summed E-state index contributed by atoms with van der Waals surface area (Å²) in [6, 6.07) is 0. The number of halogens is 8. The van der Waals surface area contributed by atoms with Crippen LogP contribution in [0.15, 0.2) is 0 Å². The highest BCUT2D eigenvalue weighted by Gasteiger charge is 2.67. The molecule has 0 fully saturated rings. The predicted molar refractivity (Wildman–Crippen MR) is 53.5 cm³/mol. The normalized spacial score (nSPS) is 14.6. The summed E-state index contributed by atoms with van der Waals surface area (Å²) < 4.78 is 133. The summed E-state index contributed by atoms with van der Waals surface area (Å²) in [6.45, 7) is -2.25. The first-order chi connectivity index (χ1) is 9.65. The van der Waals surface area contributed by atoms with Crippen LogP contribution in [-0.2, 0) is 19.6 Å². The Morgan fingerprint density at radius 3 is 1.68 bits per heavy atom. The molecule has 134 valence electrons. The lowest BCUT2D eigenvalue weighted by atomic mass is 10.3. The summed E-state index contributed by atoms with van der Waals surface area (Å²) >= 11 is 0. The molecule has 0 saturated heterocycles. The molecule has 0 aliphatic rings. The zero-order valence-electron chi connectivity index (χ0n) is 10.4. The van der Waals surface area contributed by atoms with Gasteiger partial charge in [0, 0.05) is 0 Å². The Labute approximate surface area is 118 Å². The van der Waals surface area contributed by atoms with Crippen LogP contribution in [0.4, 0.5) is 35.1 Å². The first-order valence-corrected chi connectivity index (χ1v) is 6.75. The van der Waals surface area contributed by atoms with Gasteiger partial charge in [-0.2, -0.15) is 34.8 Å². The zero-order valence-corrected chi connectivity index (χ0v) is 11.2. The molecule has 22 heavy (non-hydrogen) atoms. The second-order valence-electron chi connectivity index (χ2n) is 3.78. The highest BCUT2D eigenvalue weighted by Crippen LogP contribution is 2.39.